The summed E-state index contributed by atoms with van der Waals surface area (Å²) in [5.41, 5.74) is 4.47. The molecule has 450 valence electrons. The second kappa shape index (κ2) is 30.9. The molecular weight excluding hydrogens is 1070 g/mol. The fraction of sp³-hybridized carbons (Fsp3) is 0.500. The third-order valence-electron chi connectivity index (χ3n) is 14.1. The lowest BCUT2D eigenvalue weighted by molar-refractivity contribution is 0.0645. The van der Waals surface area contributed by atoms with Gasteiger partial charge in [0.1, 0.15) is 35.8 Å². The Bertz CT molecular complexity index is 3260. The van der Waals surface area contributed by atoms with Crippen LogP contribution in [0.2, 0.25) is 0 Å². The fourth-order valence-corrected chi connectivity index (χ4v) is 9.43. The Hall–Kier alpha value is -7.52. The minimum atomic E-state index is -0.120. The van der Waals surface area contributed by atoms with Gasteiger partial charge in [-0.05, 0) is 87.1 Å². The second-order valence-corrected chi connectivity index (χ2v) is 20.6. The zero-order chi connectivity index (χ0) is 58.6. The summed E-state index contributed by atoms with van der Waals surface area (Å²) in [6, 6.07) is 15.5. The minimum absolute atomic E-state index is 0.120. The Labute approximate surface area is 490 Å². The van der Waals surface area contributed by atoms with Crippen molar-refractivity contribution < 1.29 is 57.6 Å². The van der Waals surface area contributed by atoms with Gasteiger partial charge in [-0.2, -0.15) is 0 Å². The topological polar surface area (TPSA) is 242 Å². The molecule has 0 atom stereocenters. The van der Waals surface area contributed by atoms with Crippen LogP contribution in [-0.2, 0) is 9.47 Å². The van der Waals surface area contributed by atoms with E-state index in [2.05, 4.69) is 51.5 Å². The molecule has 3 aromatic heterocycles. The average molecular weight is 1160 g/mol. The van der Waals surface area contributed by atoms with Gasteiger partial charge in [0, 0.05) is 43.8 Å². The molecule has 0 amide bonds. The standard InChI is InChI=1S/C64H82N8O12/c1-7-13-21-77-49-33-41-42(34-50(49)78-22-14-8-2)58-65-57(41)66-59-43-35-51(79-23-15-9-3)53(81-25-17-11-5)37-45(43)61(68-59)70-63-47-39-55(83-31-29-75-27-19-73)56(84-32-30-76-28-20-74)40-48(47)64(72-63)71-62-46-38-54(82-26-18-12-6)52(80-24-16-10-4)36-44(46)60(67-58)69-62/h33-40,73-74H,7-32H2,1-6H3,(H2,65,66,67,68,69,70,71,72). The molecule has 0 saturated carbocycles. The average Bonchev–Trinajstić information content (AvgIpc) is 4.42. The van der Waals surface area contributed by atoms with E-state index in [-0.39, 0.29) is 52.9 Å². The Balaban J connectivity index is 1.39. The number of ether oxygens (including phenoxy) is 10. The van der Waals surface area contributed by atoms with E-state index in [1.54, 1.807) is 0 Å². The molecular formula is C64H82N8O12. The molecule has 8 bridgehead atoms. The van der Waals surface area contributed by atoms with Crippen LogP contribution in [0.5, 0.6) is 46.0 Å². The highest BCUT2D eigenvalue weighted by Crippen LogP contribution is 2.46. The van der Waals surface area contributed by atoms with Crippen LogP contribution in [0.25, 0.3) is 89.7 Å². The minimum Gasteiger partial charge on any atom is -0.490 e. The monoisotopic (exact) mass is 1150 g/mol. The van der Waals surface area contributed by atoms with E-state index in [0.29, 0.717) is 165 Å². The molecule has 0 fully saturated rings. The predicted octanol–water partition coefficient (Wildman–Crippen LogP) is 12.7. The fourth-order valence-electron chi connectivity index (χ4n) is 9.43. The van der Waals surface area contributed by atoms with Crippen LogP contribution in [0.15, 0.2) is 48.5 Å². The van der Waals surface area contributed by atoms with Crippen molar-refractivity contribution in [2.24, 2.45) is 0 Å². The quantitative estimate of drug-likeness (QED) is 0.0267. The number of rotatable bonds is 36. The van der Waals surface area contributed by atoms with Crippen molar-refractivity contribution in [1.82, 2.24) is 39.9 Å². The van der Waals surface area contributed by atoms with E-state index in [1.807, 2.05) is 48.5 Å². The molecule has 9 rings (SSSR count). The van der Waals surface area contributed by atoms with Gasteiger partial charge in [0.05, 0.1) is 79.3 Å². The molecule has 0 saturated heterocycles. The number of fused-ring (bicyclic) bond motifs is 20. The second-order valence-electron chi connectivity index (χ2n) is 20.6. The van der Waals surface area contributed by atoms with Crippen molar-refractivity contribution >= 4 is 44.1 Å². The lowest BCUT2D eigenvalue weighted by Gasteiger charge is -2.14. The normalized spacial score (nSPS) is 11.7. The Morgan fingerprint density at radius 3 is 0.738 bits per heavy atom. The lowest BCUT2D eigenvalue weighted by Crippen LogP contribution is -2.12. The van der Waals surface area contributed by atoms with E-state index >= 15 is 0 Å². The van der Waals surface area contributed by atoms with Crippen LogP contribution in [-0.4, -0.2) is 143 Å². The number of aliphatic hydroxyl groups is 2. The van der Waals surface area contributed by atoms with Gasteiger partial charge in [-0.15, -0.1) is 0 Å². The number of nitrogens with zero attached hydrogens (tertiary/aromatic N) is 6. The summed E-state index contributed by atoms with van der Waals surface area (Å²) in [4.78, 5) is 39.3. The van der Waals surface area contributed by atoms with Crippen LogP contribution in [0.1, 0.15) is 119 Å². The molecule has 0 spiro atoms. The van der Waals surface area contributed by atoms with Crippen molar-refractivity contribution in [3.05, 3.63) is 48.5 Å². The molecule has 0 aliphatic carbocycles. The summed E-state index contributed by atoms with van der Waals surface area (Å²) in [7, 11) is 0. The van der Waals surface area contributed by atoms with Gasteiger partial charge >= 0.3 is 0 Å². The number of hydrogen-bond donors (Lipinski definition) is 4. The largest absolute Gasteiger partial charge is 0.490 e. The van der Waals surface area contributed by atoms with Crippen molar-refractivity contribution in [2.45, 2.75) is 119 Å². The number of hydrogen-bond acceptors (Lipinski definition) is 18. The Morgan fingerprint density at radius 1 is 0.286 bits per heavy atom. The van der Waals surface area contributed by atoms with Crippen LogP contribution in [0.4, 0.5) is 0 Å². The van der Waals surface area contributed by atoms with Gasteiger partial charge in [0.25, 0.3) is 0 Å². The van der Waals surface area contributed by atoms with Gasteiger partial charge < -0.3 is 67.5 Å². The molecule has 7 aromatic rings. The number of nitrogens with one attached hydrogen (secondary N) is 2. The van der Waals surface area contributed by atoms with E-state index in [9.17, 15) is 10.2 Å². The molecule has 2 aliphatic rings. The molecule has 5 heterocycles. The maximum atomic E-state index is 9.42. The predicted molar refractivity (Wildman–Crippen MR) is 325 cm³/mol. The van der Waals surface area contributed by atoms with Crippen LogP contribution < -0.4 is 37.9 Å². The number of aliphatic hydroxyl groups excluding tert-OH is 2. The zero-order valence-corrected chi connectivity index (χ0v) is 49.7. The molecule has 2 aliphatic heterocycles. The molecule has 20 nitrogen and oxygen atoms in total. The first-order valence-corrected chi connectivity index (χ1v) is 30.3. The molecule has 4 N–H and O–H groups in total. The molecule has 0 unspecified atom stereocenters. The van der Waals surface area contributed by atoms with Crippen molar-refractivity contribution in [3.8, 4) is 91.5 Å². The highest BCUT2D eigenvalue weighted by molar-refractivity contribution is 6.08. The molecule has 20 heteroatoms. The molecule has 4 aromatic carbocycles. The lowest BCUT2D eigenvalue weighted by atomic mass is 10.1. The molecule has 0 radical (unpaired) electrons. The number of unbranched alkanes of at least 4 members (excludes halogenated alkanes) is 6. The van der Waals surface area contributed by atoms with E-state index in [0.717, 1.165) is 87.8 Å². The first kappa shape index (κ1) is 61.1. The van der Waals surface area contributed by atoms with Gasteiger partial charge in [-0.1, -0.05) is 80.1 Å². The Morgan fingerprint density at radius 2 is 0.512 bits per heavy atom. The van der Waals surface area contributed by atoms with Gasteiger partial charge in [-0.25, -0.2) is 29.9 Å². The third kappa shape index (κ3) is 14.9. The smallest absolute Gasteiger partial charge is 0.164 e. The third-order valence-corrected chi connectivity index (χ3v) is 14.1. The number of H-pyrrole nitrogens is 2. The van der Waals surface area contributed by atoms with Crippen LogP contribution in [0.3, 0.4) is 0 Å². The Kier molecular flexibility index (Phi) is 22.4. The highest BCUT2D eigenvalue weighted by Gasteiger charge is 2.28. The number of aromatic amines is 2. The van der Waals surface area contributed by atoms with Gasteiger partial charge in [0.15, 0.2) is 69.3 Å². The number of benzene rings is 4. The maximum Gasteiger partial charge on any atom is 0.164 e. The highest BCUT2D eigenvalue weighted by atomic mass is 16.6. The summed E-state index contributed by atoms with van der Waals surface area (Å²) in [5.74, 6) is 5.74. The summed E-state index contributed by atoms with van der Waals surface area (Å²) in [5, 5.41) is 21.6. The number of aromatic nitrogens is 8. The summed E-state index contributed by atoms with van der Waals surface area (Å²) in [6.07, 6.45) is 10.9. The van der Waals surface area contributed by atoms with Crippen LogP contribution in [0, 0.1) is 0 Å². The van der Waals surface area contributed by atoms with Crippen molar-refractivity contribution in [1.29, 1.82) is 0 Å². The first-order chi connectivity index (χ1) is 41.3. The SMILES string of the molecule is CCCCOc1cc2c(cc1OCCCC)-c1nc-2nc2[nH]c(nc3nc(nc4[nH]c(n1)c1cc(OCCOCCO)c(OCCOCCO)cc41)-c1cc(OCCCC)c(OCCCC)cc1-3)c1cc(OCCCC)c(OCCCC)cc21. The van der Waals surface area contributed by atoms with Crippen molar-refractivity contribution in [3.63, 3.8) is 0 Å². The zero-order valence-electron chi connectivity index (χ0n) is 49.7. The summed E-state index contributed by atoms with van der Waals surface area (Å²) in [6.45, 7) is 16.6. The van der Waals surface area contributed by atoms with Gasteiger partial charge in [-0.3, -0.25) is 0 Å². The van der Waals surface area contributed by atoms with Crippen LogP contribution >= 0.6 is 0 Å². The maximum absolute atomic E-state index is 9.42. The molecule has 84 heavy (non-hydrogen) atoms. The van der Waals surface area contributed by atoms with E-state index in [4.69, 9.17) is 77.3 Å². The van der Waals surface area contributed by atoms with Gasteiger partial charge in [0.2, 0.25) is 0 Å². The summed E-state index contributed by atoms with van der Waals surface area (Å²) >= 11 is 0. The van der Waals surface area contributed by atoms with Crippen molar-refractivity contribution in [2.75, 3.05) is 92.5 Å². The summed E-state index contributed by atoms with van der Waals surface area (Å²) < 4.78 is 63.0. The van der Waals surface area contributed by atoms with E-state index < -0.39 is 0 Å². The van der Waals surface area contributed by atoms with E-state index in [1.165, 1.54) is 0 Å². The first-order valence-electron chi connectivity index (χ1n) is 30.3.